The fourth-order valence-corrected chi connectivity index (χ4v) is 3.45. The Morgan fingerprint density at radius 3 is 2.56 bits per heavy atom. The van der Waals surface area contributed by atoms with Crippen LogP contribution in [-0.4, -0.2) is 0 Å². The van der Waals surface area contributed by atoms with Crippen molar-refractivity contribution in [2.45, 2.75) is 11.9 Å². The van der Waals surface area contributed by atoms with Crippen LogP contribution in [0.25, 0.3) is 0 Å². The number of thiophene rings is 1. The average molecular weight is 387 g/mol. The lowest BCUT2D eigenvalue weighted by Gasteiger charge is -2.11. The van der Waals surface area contributed by atoms with Crippen molar-refractivity contribution in [3.63, 3.8) is 0 Å². The van der Waals surface area contributed by atoms with E-state index in [-0.39, 0.29) is 0 Å². The van der Waals surface area contributed by atoms with Gasteiger partial charge in [-0.1, -0.05) is 50.7 Å². The third kappa shape index (κ3) is 3.55. The van der Waals surface area contributed by atoms with Gasteiger partial charge in [0.25, 0.3) is 0 Å². The number of rotatable bonds is 4. The molecule has 1 heterocycles. The molecule has 0 amide bonds. The summed E-state index contributed by atoms with van der Waals surface area (Å²) >= 11 is 22.8. The smallest absolute Gasteiger partial charge is 0.142 e. The molecular weight excluding hydrogens is 378 g/mol. The molecule has 0 aliphatic rings. The van der Waals surface area contributed by atoms with E-state index in [9.17, 15) is 0 Å². The van der Waals surface area contributed by atoms with E-state index in [0.717, 1.165) is 14.8 Å². The first-order valence-corrected chi connectivity index (χ1v) is 8.08. The minimum absolute atomic E-state index is 0.443. The highest BCUT2D eigenvalue weighted by Gasteiger charge is 2.10. The highest BCUT2D eigenvalue weighted by Crippen LogP contribution is 2.34. The molecule has 0 saturated carbocycles. The molecule has 1 aromatic carbocycles. The number of hydrogen-bond acceptors (Lipinski definition) is 2. The highest BCUT2D eigenvalue weighted by molar-refractivity contribution is 9.08. The van der Waals surface area contributed by atoms with Crippen molar-refractivity contribution in [1.82, 2.24) is 0 Å². The van der Waals surface area contributed by atoms with Gasteiger partial charge in [0.05, 0.1) is 9.36 Å². The average Bonchev–Trinajstić information content (AvgIpc) is 2.73. The van der Waals surface area contributed by atoms with Gasteiger partial charge in [-0.2, -0.15) is 0 Å². The number of alkyl halides is 1. The van der Waals surface area contributed by atoms with Gasteiger partial charge < -0.3 is 4.74 Å². The minimum Gasteiger partial charge on any atom is -0.486 e. The molecule has 1 nitrogen and oxygen atoms in total. The van der Waals surface area contributed by atoms with Crippen LogP contribution in [-0.2, 0) is 11.9 Å². The summed E-state index contributed by atoms with van der Waals surface area (Å²) in [5.74, 6) is 0.655. The quantitative estimate of drug-likeness (QED) is 0.570. The topological polar surface area (TPSA) is 9.23 Å². The number of benzene rings is 1. The largest absolute Gasteiger partial charge is 0.486 e. The van der Waals surface area contributed by atoms with E-state index in [1.54, 1.807) is 6.07 Å². The predicted molar refractivity (Wildman–Crippen MR) is 82.8 cm³/mol. The zero-order chi connectivity index (χ0) is 13.1. The molecule has 0 aliphatic heterocycles. The maximum atomic E-state index is 6.13. The molecule has 2 rings (SSSR count). The van der Waals surface area contributed by atoms with Crippen LogP contribution in [0.4, 0.5) is 0 Å². The molecule has 2 aromatic rings. The third-order valence-electron chi connectivity index (χ3n) is 2.22. The van der Waals surface area contributed by atoms with E-state index < -0.39 is 0 Å². The molecule has 96 valence electrons. The molecule has 0 atom stereocenters. The van der Waals surface area contributed by atoms with E-state index in [2.05, 4.69) is 15.9 Å². The van der Waals surface area contributed by atoms with Crippen molar-refractivity contribution >= 4 is 62.1 Å². The first-order chi connectivity index (χ1) is 8.60. The van der Waals surface area contributed by atoms with Gasteiger partial charge in [-0.15, -0.1) is 11.3 Å². The van der Waals surface area contributed by atoms with Crippen LogP contribution in [0, 0.1) is 0 Å². The second-order valence-corrected chi connectivity index (χ2v) is 6.71. The van der Waals surface area contributed by atoms with Crippen LogP contribution in [0.1, 0.15) is 10.4 Å². The summed E-state index contributed by atoms with van der Waals surface area (Å²) < 4.78 is 6.49. The Morgan fingerprint density at radius 2 is 1.94 bits per heavy atom. The molecule has 0 aliphatic carbocycles. The summed E-state index contributed by atoms with van der Waals surface area (Å²) in [6, 6.07) is 7.29. The number of ether oxygens (including phenoxy) is 1. The molecule has 0 bridgehead atoms. The standard InChI is InChI=1S/C12H8BrCl3OS/c13-5-7-3-8(14)4-10(15)12(7)17-6-9-1-2-11(16)18-9/h1-4H,5-6H2. The molecule has 0 radical (unpaired) electrons. The fourth-order valence-electron chi connectivity index (χ4n) is 1.45. The summed E-state index contributed by atoms with van der Waals surface area (Å²) in [6.45, 7) is 0.443. The third-order valence-corrected chi connectivity index (χ3v) is 4.52. The van der Waals surface area contributed by atoms with E-state index in [1.807, 2.05) is 18.2 Å². The van der Waals surface area contributed by atoms with Crippen LogP contribution in [0.5, 0.6) is 5.75 Å². The Bertz CT molecular complexity index is 556. The molecule has 0 N–H and O–H groups in total. The summed E-state index contributed by atoms with van der Waals surface area (Å²) in [6.07, 6.45) is 0. The zero-order valence-electron chi connectivity index (χ0n) is 9.05. The van der Waals surface area contributed by atoms with Crippen LogP contribution in [0.3, 0.4) is 0 Å². The molecule has 0 saturated heterocycles. The lowest BCUT2D eigenvalue weighted by Crippen LogP contribution is -1.97. The van der Waals surface area contributed by atoms with Crippen molar-refractivity contribution in [3.8, 4) is 5.75 Å². The van der Waals surface area contributed by atoms with Crippen molar-refractivity contribution in [3.05, 3.63) is 49.1 Å². The van der Waals surface area contributed by atoms with Gasteiger partial charge >= 0.3 is 0 Å². The normalized spacial score (nSPS) is 10.7. The second-order valence-electron chi connectivity index (χ2n) is 3.50. The Kier molecular flexibility index (Phi) is 5.22. The summed E-state index contributed by atoms with van der Waals surface area (Å²) in [4.78, 5) is 1.05. The monoisotopic (exact) mass is 384 g/mol. The van der Waals surface area contributed by atoms with E-state index in [1.165, 1.54) is 11.3 Å². The molecular formula is C12H8BrCl3OS. The van der Waals surface area contributed by atoms with Gasteiger partial charge in [0.1, 0.15) is 12.4 Å². The minimum atomic E-state index is 0.443. The molecule has 18 heavy (non-hydrogen) atoms. The summed E-state index contributed by atoms with van der Waals surface area (Å²) in [5, 5.41) is 1.74. The van der Waals surface area contributed by atoms with Crippen LogP contribution in [0.2, 0.25) is 14.4 Å². The Morgan fingerprint density at radius 1 is 1.17 bits per heavy atom. The van der Waals surface area contributed by atoms with E-state index >= 15 is 0 Å². The first kappa shape index (κ1) is 14.5. The van der Waals surface area contributed by atoms with Crippen LogP contribution in [0.15, 0.2) is 24.3 Å². The first-order valence-electron chi connectivity index (χ1n) is 5.01. The Hall–Kier alpha value is 0.0700. The zero-order valence-corrected chi connectivity index (χ0v) is 13.7. The van der Waals surface area contributed by atoms with Gasteiger partial charge in [-0.3, -0.25) is 0 Å². The van der Waals surface area contributed by atoms with Crippen molar-refractivity contribution in [2.24, 2.45) is 0 Å². The van der Waals surface area contributed by atoms with Gasteiger partial charge in [0, 0.05) is 20.8 Å². The molecule has 1 aromatic heterocycles. The van der Waals surface area contributed by atoms with Crippen LogP contribution >= 0.6 is 62.1 Å². The maximum Gasteiger partial charge on any atom is 0.142 e. The Balaban J connectivity index is 2.18. The second kappa shape index (κ2) is 6.49. The lowest BCUT2D eigenvalue weighted by atomic mass is 10.2. The summed E-state index contributed by atoms with van der Waals surface area (Å²) in [7, 11) is 0. The van der Waals surface area contributed by atoms with Crippen molar-refractivity contribution < 1.29 is 4.74 Å². The molecule has 0 fully saturated rings. The SMILES string of the molecule is Clc1cc(Cl)c(OCc2ccc(Cl)s2)c(CBr)c1. The maximum absolute atomic E-state index is 6.13. The van der Waals surface area contributed by atoms with Crippen molar-refractivity contribution in [1.29, 1.82) is 0 Å². The van der Waals surface area contributed by atoms with Crippen LogP contribution < -0.4 is 4.74 Å². The van der Waals surface area contributed by atoms with Gasteiger partial charge in [-0.05, 0) is 24.3 Å². The van der Waals surface area contributed by atoms with Gasteiger partial charge in [-0.25, -0.2) is 0 Å². The van der Waals surface area contributed by atoms with E-state index in [4.69, 9.17) is 39.5 Å². The summed E-state index contributed by atoms with van der Waals surface area (Å²) in [5.41, 5.74) is 0.926. The fraction of sp³-hybridized carbons (Fsp3) is 0.167. The molecule has 0 spiro atoms. The lowest BCUT2D eigenvalue weighted by molar-refractivity contribution is 0.307. The Labute approximate surface area is 133 Å². The number of hydrogen-bond donors (Lipinski definition) is 0. The molecule has 6 heteroatoms. The van der Waals surface area contributed by atoms with Gasteiger partial charge in [0.2, 0.25) is 0 Å². The molecule has 0 unspecified atom stereocenters. The number of halogens is 4. The highest BCUT2D eigenvalue weighted by atomic mass is 79.9. The van der Waals surface area contributed by atoms with Gasteiger partial charge in [0.15, 0.2) is 0 Å². The van der Waals surface area contributed by atoms with Crippen molar-refractivity contribution in [2.75, 3.05) is 0 Å². The van der Waals surface area contributed by atoms with E-state index in [0.29, 0.717) is 27.7 Å². The predicted octanol–water partition coefficient (Wildman–Crippen LogP) is 6.18.